The van der Waals surface area contributed by atoms with Gasteiger partial charge < -0.3 is 0 Å². The first-order valence-corrected chi connectivity index (χ1v) is 7.50. The number of aromatic nitrogens is 2. The molecule has 0 unspecified atom stereocenters. The molecule has 19 heavy (non-hydrogen) atoms. The molecule has 0 aliphatic heterocycles. The van der Waals surface area contributed by atoms with Crippen molar-refractivity contribution in [2.24, 2.45) is 7.05 Å². The first-order chi connectivity index (χ1) is 8.81. The SMILES string of the molecule is Cc1nn(C)c(Cl)c1CS(=O)(=O)c1cccc(F)c1. The van der Waals surface area contributed by atoms with Gasteiger partial charge >= 0.3 is 0 Å². The lowest BCUT2D eigenvalue weighted by atomic mass is 10.3. The van der Waals surface area contributed by atoms with E-state index in [9.17, 15) is 12.8 Å². The third-order valence-electron chi connectivity index (χ3n) is 2.76. The van der Waals surface area contributed by atoms with Gasteiger partial charge in [0.15, 0.2) is 9.84 Å². The molecule has 4 nitrogen and oxygen atoms in total. The summed E-state index contributed by atoms with van der Waals surface area (Å²) >= 11 is 6.00. The van der Waals surface area contributed by atoms with Crippen molar-refractivity contribution in [2.75, 3.05) is 0 Å². The van der Waals surface area contributed by atoms with Gasteiger partial charge in [-0.2, -0.15) is 5.10 Å². The van der Waals surface area contributed by atoms with Gasteiger partial charge in [0.25, 0.3) is 0 Å². The van der Waals surface area contributed by atoms with Crippen LogP contribution in [0.1, 0.15) is 11.3 Å². The second-order valence-corrected chi connectivity index (χ2v) is 6.54. The van der Waals surface area contributed by atoms with Crippen LogP contribution < -0.4 is 0 Å². The Morgan fingerprint density at radius 2 is 2.11 bits per heavy atom. The van der Waals surface area contributed by atoms with Gasteiger partial charge in [0.05, 0.1) is 16.3 Å². The summed E-state index contributed by atoms with van der Waals surface area (Å²) in [5.74, 6) is -0.885. The van der Waals surface area contributed by atoms with Gasteiger partial charge in [-0.3, -0.25) is 4.68 Å². The van der Waals surface area contributed by atoms with Gasteiger partial charge in [-0.1, -0.05) is 17.7 Å². The van der Waals surface area contributed by atoms with Crippen LogP contribution in [0, 0.1) is 12.7 Å². The van der Waals surface area contributed by atoms with Crippen molar-refractivity contribution in [3.8, 4) is 0 Å². The summed E-state index contributed by atoms with van der Waals surface area (Å²) in [5.41, 5.74) is 0.987. The Hall–Kier alpha value is -1.40. The summed E-state index contributed by atoms with van der Waals surface area (Å²) < 4.78 is 38.9. The average Bonchev–Trinajstić information content (AvgIpc) is 2.56. The summed E-state index contributed by atoms with van der Waals surface area (Å²) in [6.45, 7) is 1.68. The molecule has 0 radical (unpaired) electrons. The van der Waals surface area contributed by atoms with Crippen LogP contribution in [0.3, 0.4) is 0 Å². The van der Waals surface area contributed by atoms with Crippen LogP contribution in [0.15, 0.2) is 29.2 Å². The summed E-state index contributed by atoms with van der Waals surface area (Å²) in [6.07, 6.45) is 0. The Morgan fingerprint density at radius 1 is 1.42 bits per heavy atom. The number of aryl methyl sites for hydroxylation is 2. The lowest BCUT2D eigenvalue weighted by Gasteiger charge is -2.04. The predicted molar refractivity (Wildman–Crippen MR) is 70.2 cm³/mol. The highest BCUT2D eigenvalue weighted by Gasteiger charge is 2.21. The average molecular weight is 303 g/mol. The third-order valence-corrected chi connectivity index (χ3v) is 4.87. The fraction of sp³-hybridized carbons (Fsp3) is 0.250. The molecule has 0 aliphatic carbocycles. The van der Waals surface area contributed by atoms with Crippen LogP contribution in [0.2, 0.25) is 5.15 Å². The number of halogens is 2. The number of sulfone groups is 1. The first-order valence-electron chi connectivity index (χ1n) is 5.47. The minimum atomic E-state index is -3.65. The van der Waals surface area contributed by atoms with Crippen LogP contribution >= 0.6 is 11.6 Å². The van der Waals surface area contributed by atoms with Crippen molar-refractivity contribution in [2.45, 2.75) is 17.6 Å². The molecule has 102 valence electrons. The van der Waals surface area contributed by atoms with Crippen molar-refractivity contribution in [3.63, 3.8) is 0 Å². The van der Waals surface area contributed by atoms with E-state index >= 15 is 0 Å². The summed E-state index contributed by atoms with van der Waals surface area (Å²) in [6, 6.07) is 4.91. The zero-order valence-corrected chi connectivity index (χ0v) is 12.0. The molecule has 0 saturated heterocycles. The van der Waals surface area contributed by atoms with Crippen molar-refractivity contribution < 1.29 is 12.8 Å². The molecular weight excluding hydrogens is 291 g/mol. The van der Waals surface area contributed by atoms with E-state index in [1.165, 1.54) is 22.9 Å². The number of hydrogen-bond acceptors (Lipinski definition) is 3. The summed E-state index contributed by atoms with van der Waals surface area (Å²) in [5, 5.41) is 4.33. The molecule has 0 atom stereocenters. The maximum Gasteiger partial charge on any atom is 0.182 e. The fourth-order valence-corrected chi connectivity index (χ4v) is 3.56. The molecule has 0 bridgehead atoms. The first kappa shape index (κ1) is 14.0. The second-order valence-electron chi connectivity index (χ2n) is 4.19. The molecule has 0 spiro atoms. The van der Waals surface area contributed by atoms with Gasteiger partial charge in [0.1, 0.15) is 11.0 Å². The smallest absolute Gasteiger partial charge is 0.182 e. The standard InChI is InChI=1S/C12H12ClFN2O2S/c1-8-11(12(13)16(2)15-8)7-19(17,18)10-5-3-4-9(14)6-10/h3-6H,7H2,1-2H3. The zero-order chi connectivity index (χ0) is 14.2. The lowest BCUT2D eigenvalue weighted by Crippen LogP contribution is -2.06. The Balaban J connectivity index is 2.42. The minimum Gasteiger partial charge on any atom is -0.257 e. The molecule has 1 aromatic heterocycles. The van der Waals surface area contributed by atoms with Gasteiger partial charge in [0.2, 0.25) is 0 Å². The summed E-state index contributed by atoms with van der Waals surface area (Å²) in [4.78, 5) is -0.0631. The van der Waals surface area contributed by atoms with E-state index in [1.807, 2.05) is 0 Å². The van der Waals surface area contributed by atoms with Crippen molar-refractivity contribution in [3.05, 3.63) is 46.5 Å². The Morgan fingerprint density at radius 3 is 2.63 bits per heavy atom. The van der Waals surface area contributed by atoms with E-state index in [0.29, 0.717) is 11.3 Å². The summed E-state index contributed by atoms with van der Waals surface area (Å²) in [7, 11) is -2.01. The van der Waals surface area contributed by atoms with Crippen molar-refractivity contribution >= 4 is 21.4 Å². The van der Waals surface area contributed by atoms with Gasteiger partial charge in [-0.05, 0) is 25.1 Å². The maximum absolute atomic E-state index is 13.1. The van der Waals surface area contributed by atoms with Gasteiger partial charge in [0, 0.05) is 12.6 Å². The molecule has 0 saturated carbocycles. The molecule has 1 aromatic carbocycles. The van der Waals surface area contributed by atoms with Crippen LogP contribution in [0.5, 0.6) is 0 Å². The number of rotatable bonds is 3. The van der Waals surface area contributed by atoms with E-state index in [0.717, 1.165) is 6.07 Å². The molecule has 0 fully saturated rings. The molecule has 7 heteroatoms. The van der Waals surface area contributed by atoms with Crippen LogP contribution in [-0.2, 0) is 22.6 Å². The topological polar surface area (TPSA) is 52.0 Å². The van der Waals surface area contributed by atoms with Gasteiger partial charge in [-0.15, -0.1) is 0 Å². The Kier molecular flexibility index (Phi) is 3.64. The van der Waals surface area contributed by atoms with E-state index in [4.69, 9.17) is 11.6 Å². The lowest BCUT2D eigenvalue weighted by molar-refractivity contribution is 0.590. The molecule has 2 rings (SSSR count). The number of hydrogen-bond donors (Lipinski definition) is 0. The van der Waals surface area contributed by atoms with Crippen LogP contribution in [-0.4, -0.2) is 18.2 Å². The number of benzene rings is 1. The van der Waals surface area contributed by atoms with Crippen LogP contribution in [0.25, 0.3) is 0 Å². The monoisotopic (exact) mass is 302 g/mol. The highest BCUT2D eigenvalue weighted by atomic mass is 35.5. The molecular formula is C12H12ClFN2O2S. The molecule has 0 amide bonds. The second kappa shape index (κ2) is 4.94. The van der Waals surface area contributed by atoms with E-state index < -0.39 is 15.7 Å². The number of nitrogens with zero attached hydrogens (tertiary/aromatic N) is 2. The van der Waals surface area contributed by atoms with Crippen LogP contribution in [0.4, 0.5) is 4.39 Å². The third kappa shape index (κ3) is 2.79. The van der Waals surface area contributed by atoms with E-state index in [2.05, 4.69) is 5.10 Å². The maximum atomic E-state index is 13.1. The molecule has 2 aromatic rings. The Bertz CT molecular complexity index is 725. The Labute approximate surface area is 115 Å². The van der Waals surface area contributed by atoms with E-state index in [1.54, 1.807) is 14.0 Å². The molecule has 1 heterocycles. The normalized spacial score (nSPS) is 11.8. The zero-order valence-electron chi connectivity index (χ0n) is 10.4. The minimum absolute atomic E-state index is 0.0631. The molecule has 0 aliphatic rings. The highest BCUT2D eigenvalue weighted by molar-refractivity contribution is 7.90. The van der Waals surface area contributed by atoms with E-state index in [-0.39, 0.29) is 15.8 Å². The predicted octanol–water partition coefficient (Wildman–Crippen LogP) is 2.49. The largest absolute Gasteiger partial charge is 0.257 e. The van der Waals surface area contributed by atoms with Crippen molar-refractivity contribution in [1.29, 1.82) is 0 Å². The quantitative estimate of drug-likeness (QED) is 0.875. The van der Waals surface area contributed by atoms with Crippen molar-refractivity contribution in [1.82, 2.24) is 9.78 Å². The van der Waals surface area contributed by atoms with Gasteiger partial charge in [-0.25, -0.2) is 12.8 Å². The molecule has 0 N–H and O–H groups in total. The fourth-order valence-electron chi connectivity index (χ4n) is 1.77. The highest BCUT2D eigenvalue weighted by Crippen LogP contribution is 2.24.